The van der Waals surface area contributed by atoms with E-state index in [0.717, 1.165) is 22.1 Å². The van der Waals surface area contributed by atoms with E-state index in [9.17, 15) is 4.79 Å². The number of hydrogen-bond acceptors (Lipinski definition) is 2. The summed E-state index contributed by atoms with van der Waals surface area (Å²) in [6.45, 7) is 3.58. The number of hydrogen-bond donors (Lipinski definition) is 0. The fourth-order valence-electron chi connectivity index (χ4n) is 2.14. The Kier molecular flexibility index (Phi) is 2.71. The Labute approximate surface area is 111 Å². The van der Waals surface area contributed by atoms with Gasteiger partial charge in [0.1, 0.15) is 5.58 Å². The van der Waals surface area contributed by atoms with Gasteiger partial charge < -0.3 is 4.42 Å². The fourth-order valence-corrected chi connectivity index (χ4v) is 2.14. The van der Waals surface area contributed by atoms with Crippen LogP contribution >= 0.6 is 0 Å². The molecule has 0 fully saturated rings. The van der Waals surface area contributed by atoms with Gasteiger partial charge in [0.25, 0.3) is 0 Å². The van der Waals surface area contributed by atoms with E-state index in [0.29, 0.717) is 5.76 Å². The van der Waals surface area contributed by atoms with Crippen LogP contribution in [-0.4, -0.2) is 5.78 Å². The van der Waals surface area contributed by atoms with E-state index < -0.39 is 0 Å². The molecule has 2 aromatic carbocycles. The van der Waals surface area contributed by atoms with Crippen molar-refractivity contribution in [2.45, 2.75) is 13.8 Å². The highest BCUT2D eigenvalue weighted by Crippen LogP contribution is 2.27. The van der Waals surface area contributed by atoms with Crippen LogP contribution in [0.2, 0.25) is 0 Å². The van der Waals surface area contributed by atoms with Crippen molar-refractivity contribution in [1.82, 2.24) is 0 Å². The van der Waals surface area contributed by atoms with Crippen molar-refractivity contribution in [3.05, 3.63) is 59.9 Å². The monoisotopic (exact) mass is 250 g/mol. The Morgan fingerprint density at radius 2 is 1.63 bits per heavy atom. The number of rotatable bonds is 2. The summed E-state index contributed by atoms with van der Waals surface area (Å²) in [5, 5.41) is 0.961. The molecule has 94 valence electrons. The molecule has 0 aliphatic carbocycles. The molecule has 0 bridgehead atoms. The Bertz CT molecular complexity index is 749. The topological polar surface area (TPSA) is 30.2 Å². The van der Waals surface area contributed by atoms with E-state index in [1.165, 1.54) is 12.5 Å². The molecule has 0 aliphatic rings. The molecule has 0 spiro atoms. The summed E-state index contributed by atoms with van der Waals surface area (Å²) >= 11 is 0. The number of furan rings is 1. The maximum absolute atomic E-state index is 11.3. The van der Waals surface area contributed by atoms with Gasteiger partial charge in [-0.25, -0.2) is 0 Å². The molecule has 2 nitrogen and oxygen atoms in total. The zero-order chi connectivity index (χ0) is 13.4. The van der Waals surface area contributed by atoms with Gasteiger partial charge in [0, 0.05) is 12.3 Å². The van der Waals surface area contributed by atoms with Crippen molar-refractivity contribution in [2.75, 3.05) is 0 Å². The van der Waals surface area contributed by atoms with Crippen LogP contribution in [0.1, 0.15) is 23.0 Å². The molecular weight excluding hydrogens is 236 g/mol. The molecule has 0 aliphatic heterocycles. The number of aryl methyl sites for hydroxylation is 1. The molecule has 1 aromatic heterocycles. The van der Waals surface area contributed by atoms with E-state index in [1.807, 2.05) is 12.1 Å². The molecule has 0 radical (unpaired) electrons. The average Bonchev–Trinajstić information content (AvgIpc) is 2.82. The van der Waals surface area contributed by atoms with Crippen molar-refractivity contribution in [2.24, 2.45) is 0 Å². The van der Waals surface area contributed by atoms with Crippen molar-refractivity contribution < 1.29 is 9.21 Å². The second-order valence-corrected chi connectivity index (χ2v) is 4.79. The summed E-state index contributed by atoms with van der Waals surface area (Å²) < 4.78 is 5.49. The third-order valence-corrected chi connectivity index (χ3v) is 3.25. The number of benzene rings is 2. The predicted molar refractivity (Wildman–Crippen MR) is 76.4 cm³/mol. The molecule has 3 aromatic rings. The maximum Gasteiger partial charge on any atom is 0.194 e. The third-order valence-electron chi connectivity index (χ3n) is 3.25. The Morgan fingerprint density at radius 3 is 2.32 bits per heavy atom. The largest absolute Gasteiger partial charge is 0.453 e. The van der Waals surface area contributed by atoms with Gasteiger partial charge >= 0.3 is 0 Å². The zero-order valence-electron chi connectivity index (χ0n) is 10.9. The molecule has 3 rings (SSSR count). The van der Waals surface area contributed by atoms with Crippen LogP contribution in [0, 0.1) is 6.92 Å². The fraction of sp³-hybridized carbons (Fsp3) is 0.118. The third kappa shape index (κ3) is 2.17. The van der Waals surface area contributed by atoms with E-state index in [4.69, 9.17) is 4.42 Å². The van der Waals surface area contributed by atoms with E-state index >= 15 is 0 Å². The first-order valence-corrected chi connectivity index (χ1v) is 6.25. The standard InChI is InChI=1S/C17H14O2/c1-11-3-5-13(6-4-11)14-7-8-16-15(9-14)10-17(19-16)12(2)18/h3-10H,1-2H3. The van der Waals surface area contributed by atoms with Gasteiger partial charge in [-0.15, -0.1) is 0 Å². The summed E-state index contributed by atoms with van der Waals surface area (Å²) in [6, 6.07) is 16.2. The van der Waals surface area contributed by atoms with E-state index in [-0.39, 0.29) is 5.78 Å². The lowest BCUT2D eigenvalue weighted by Gasteiger charge is -2.02. The van der Waals surface area contributed by atoms with Crippen LogP contribution in [0.4, 0.5) is 0 Å². The second kappa shape index (κ2) is 4.39. The molecule has 0 saturated heterocycles. The summed E-state index contributed by atoms with van der Waals surface area (Å²) in [5.41, 5.74) is 4.29. The highest BCUT2D eigenvalue weighted by molar-refractivity contribution is 5.96. The van der Waals surface area contributed by atoms with Crippen LogP contribution in [0.5, 0.6) is 0 Å². The van der Waals surface area contributed by atoms with E-state index in [2.05, 4.69) is 37.3 Å². The predicted octanol–water partition coefficient (Wildman–Crippen LogP) is 4.61. The van der Waals surface area contributed by atoms with Crippen molar-refractivity contribution in [3.8, 4) is 11.1 Å². The van der Waals surface area contributed by atoms with Gasteiger partial charge in [-0.2, -0.15) is 0 Å². The summed E-state index contributed by atoms with van der Waals surface area (Å²) in [4.78, 5) is 11.3. The smallest absolute Gasteiger partial charge is 0.194 e. The van der Waals surface area contributed by atoms with Crippen molar-refractivity contribution in [3.63, 3.8) is 0 Å². The molecule has 0 saturated carbocycles. The van der Waals surface area contributed by atoms with Gasteiger partial charge in [0.05, 0.1) is 0 Å². The molecule has 0 N–H and O–H groups in total. The Morgan fingerprint density at radius 1 is 0.947 bits per heavy atom. The first-order valence-electron chi connectivity index (χ1n) is 6.25. The van der Waals surface area contributed by atoms with Crippen LogP contribution in [-0.2, 0) is 0 Å². The zero-order valence-corrected chi connectivity index (χ0v) is 10.9. The molecule has 0 unspecified atom stereocenters. The van der Waals surface area contributed by atoms with Gasteiger partial charge in [0.15, 0.2) is 11.5 Å². The van der Waals surface area contributed by atoms with Crippen LogP contribution in [0.3, 0.4) is 0 Å². The number of carbonyl (C=O) groups is 1. The highest BCUT2D eigenvalue weighted by Gasteiger charge is 2.08. The lowest BCUT2D eigenvalue weighted by Crippen LogP contribution is -1.85. The molecule has 0 amide bonds. The number of fused-ring (bicyclic) bond motifs is 1. The lowest BCUT2D eigenvalue weighted by molar-refractivity contribution is 0.0989. The maximum atomic E-state index is 11.3. The molecule has 2 heteroatoms. The quantitative estimate of drug-likeness (QED) is 0.622. The molecule has 1 heterocycles. The molecular formula is C17H14O2. The average molecular weight is 250 g/mol. The Hall–Kier alpha value is -2.35. The Balaban J connectivity index is 2.10. The van der Waals surface area contributed by atoms with Crippen LogP contribution in [0.25, 0.3) is 22.1 Å². The van der Waals surface area contributed by atoms with Crippen molar-refractivity contribution >= 4 is 16.8 Å². The SMILES string of the molecule is CC(=O)c1cc2cc(-c3ccc(C)cc3)ccc2o1. The minimum atomic E-state index is -0.0481. The van der Waals surface area contributed by atoms with Gasteiger partial charge in [0.2, 0.25) is 0 Å². The summed E-state index contributed by atoms with van der Waals surface area (Å²) in [6.07, 6.45) is 0. The second-order valence-electron chi connectivity index (χ2n) is 4.79. The van der Waals surface area contributed by atoms with Gasteiger partial charge in [-0.05, 0) is 36.2 Å². The number of Topliss-reactive ketones (excluding diaryl/α,β-unsaturated/α-hetero) is 1. The van der Waals surface area contributed by atoms with Crippen LogP contribution < -0.4 is 0 Å². The lowest BCUT2D eigenvalue weighted by atomic mass is 10.0. The van der Waals surface area contributed by atoms with Crippen LogP contribution in [0.15, 0.2) is 52.9 Å². The minimum absolute atomic E-state index is 0.0481. The first-order chi connectivity index (χ1) is 9.13. The molecule has 19 heavy (non-hydrogen) atoms. The number of ketones is 1. The summed E-state index contributed by atoms with van der Waals surface area (Å²) in [7, 11) is 0. The molecule has 0 atom stereocenters. The van der Waals surface area contributed by atoms with E-state index in [1.54, 1.807) is 6.07 Å². The number of carbonyl (C=O) groups excluding carboxylic acids is 1. The minimum Gasteiger partial charge on any atom is -0.453 e. The first kappa shape index (κ1) is 11.7. The summed E-state index contributed by atoms with van der Waals surface area (Å²) in [5.74, 6) is 0.365. The normalized spacial score (nSPS) is 10.8. The highest BCUT2D eigenvalue weighted by atomic mass is 16.3. The van der Waals surface area contributed by atoms with Gasteiger partial charge in [-0.1, -0.05) is 35.9 Å². The van der Waals surface area contributed by atoms with Crippen molar-refractivity contribution in [1.29, 1.82) is 0 Å². The van der Waals surface area contributed by atoms with Gasteiger partial charge in [-0.3, -0.25) is 4.79 Å².